The zero-order chi connectivity index (χ0) is 9.64. The maximum atomic E-state index is 5.70. The molecular weight excluding hydrogens is 174 g/mol. The fourth-order valence-corrected chi connectivity index (χ4v) is 2.30. The van der Waals surface area contributed by atoms with Crippen molar-refractivity contribution in [1.82, 2.24) is 5.32 Å². The van der Waals surface area contributed by atoms with Gasteiger partial charge in [0.25, 0.3) is 0 Å². The number of hydrogen-bond donors (Lipinski definition) is 1. The summed E-state index contributed by atoms with van der Waals surface area (Å²) in [6, 6.07) is 0.818. The summed E-state index contributed by atoms with van der Waals surface area (Å²) in [5.41, 5.74) is 0. The standard InChI is InChI=1S/C12H23NO/c1-2-6-11(5-1)13-9-4-10-14-12-7-3-8-12/h11-13H,1-10H2. The van der Waals surface area contributed by atoms with Gasteiger partial charge in [-0.1, -0.05) is 12.8 Å². The normalized spacial score (nSPS) is 24.0. The maximum Gasteiger partial charge on any atom is 0.0575 e. The Balaban J connectivity index is 1.39. The molecule has 2 saturated carbocycles. The van der Waals surface area contributed by atoms with E-state index in [-0.39, 0.29) is 0 Å². The second-order valence-corrected chi connectivity index (χ2v) is 4.71. The summed E-state index contributed by atoms with van der Waals surface area (Å²) in [6.07, 6.45) is 11.4. The minimum atomic E-state index is 0.612. The van der Waals surface area contributed by atoms with Gasteiger partial charge >= 0.3 is 0 Å². The highest BCUT2D eigenvalue weighted by molar-refractivity contribution is 4.73. The topological polar surface area (TPSA) is 21.3 Å². The highest BCUT2D eigenvalue weighted by atomic mass is 16.5. The lowest BCUT2D eigenvalue weighted by molar-refractivity contribution is 0.00136. The molecule has 0 radical (unpaired) electrons. The molecule has 0 saturated heterocycles. The van der Waals surface area contributed by atoms with Crippen molar-refractivity contribution in [2.45, 2.75) is 63.5 Å². The molecule has 82 valence electrons. The van der Waals surface area contributed by atoms with Crippen LogP contribution in [0.25, 0.3) is 0 Å². The Hall–Kier alpha value is -0.0800. The lowest BCUT2D eigenvalue weighted by Gasteiger charge is -2.25. The van der Waals surface area contributed by atoms with E-state index in [1.165, 1.54) is 51.4 Å². The van der Waals surface area contributed by atoms with Crippen LogP contribution in [0.5, 0.6) is 0 Å². The van der Waals surface area contributed by atoms with Gasteiger partial charge in [-0.15, -0.1) is 0 Å². The molecule has 0 amide bonds. The van der Waals surface area contributed by atoms with Crippen LogP contribution in [-0.2, 0) is 4.74 Å². The van der Waals surface area contributed by atoms with Crippen molar-refractivity contribution < 1.29 is 4.74 Å². The third-order valence-corrected chi connectivity index (χ3v) is 3.52. The summed E-state index contributed by atoms with van der Waals surface area (Å²) >= 11 is 0. The number of hydrogen-bond acceptors (Lipinski definition) is 2. The Morgan fingerprint density at radius 3 is 2.43 bits per heavy atom. The van der Waals surface area contributed by atoms with E-state index in [2.05, 4.69) is 5.32 Å². The van der Waals surface area contributed by atoms with Gasteiger partial charge in [-0.05, 0) is 45.1 Å². The molecule has 2 rings (SSSR count). The van der Waals surface area contributed by atoms with Crippen LogP contribution in [0.15, 0.2) is 0 Å². The lowest BCUT2D eigenvalue weighted by atomic mass is 9.96. The van der Waals surface area contributed by atoms with Crippen molar-refractivity contribution in [3.05, 3.63) is 0 Å². The molecule has 0 aliphatic heterocycles. The van der Waals surface area contributed by atoms with Crippen LogP contribution in [0.1, 0.15) is 51.4 Å². The molecule has 2 heteroatoms. The van der Waals surface area contributed by atoms with Gasteiger partial charge in [-0.3, -0.25) is 0 Å². The summed E-state index contributed by atoms with van der Waals surface area (Å²) in [4.78, 5) is 0. The first-order valence-corrected chi connectivity index (χ1v) is 6.30. The third-order valence-electron chi connectivity index (χ3n) is 3.52. The monoisotopic (exact) mass is 197 g/mol. The van der Waals surface area contributed by atoms with Crippen molar-refractivity contribution in [2.24, 2.45) is 0 Å². The Kier molecular flexibility index (Phi) is 4.26. The van der Waals surface area contributed by atoms with E-state index < -0.39 is 0 Å². The Bertz CT molecular complexity index is 150. The zero-order valence-electron chi connectivity index (χ0n) is 9.13. The van der Waals surface area contributed by atoms with E-state index in [0.29, 0.717) is 6.10 Å². The van der Waals surface area contributed by atoms with Crippen molar-refractivity contribution in [1.29, 1.82) is 0 Å². The third kappa shape index (κ3) is 3.25. The molecule has 0 bridgehead atoms. The van der Waals surface area contributed by atoms with Gasteiger partial charge in [-0.25, -0.2) is 0 Å². The molecule has 0 atom stereocenters. The first-order valence-electron chi connectivity index (χ1n) is 6.30. The fraction of sp³-hybridized carbons (Fsp3) is 1.00. The van der Waals surface area contributed by atoms with Crippen LogP contribution in [0.2, 0.25) is 0 Å². The number of nitrogens with one attached hydrogen (secondary N) is 1. The van der Waals surface area contributed by atoms with E-state index in [9.17, 15) is 0 Å². The molecule has 0 aromatic rings. The molecule has 2 aliphatic rings. The van der Waals surface area contributed by atoms with E-state index in [1.54, 1.807) is 0 Å². The molecule has 0 unspecified atom stereocenters. The summed E-state index contributed by atoms with van der Waals surface area (Å²) in [5, 5.41) is 3.61. The SMILES string of the molecule is C(CNC1CCCC1)COC1CCC1. The fourth-order valence-electron chi connectivity index (χ4n) is 2.30. The van der Waals surface area contributed by atoms with E-state index in [1.807, 2.05) is 0 Å². The maximum absolute atomic E-state index is 5.70. The van der Waals surface area contributed by atoms with Crippen LogP contribution in [0, 0.1) is 0 Å². The lowest BCUT2D eigenvalue weighted by Crippen LogP contribution is -2.28. The molecule has 0 aromatic carbocycles. The summed E-state index contributed by atoms with van der Waals surface area (Å²) in [5.74, 6) is 0. The van der Waals surface area contributed by atoms with Crippen molar-refractivity contribution in [3.63, 3.8) is 0 Å². The second kappa shape index (κ2) is 5.72. The van der Waals surface area contributed by atoms with Crippen LogP contribution in [0.3, 0.4) is 0 Å². The minimum Gasteiger partial charge on any atom is -0.378 e. The van der Waals surface area contributed by atoms with E-state index in [4.69, 9.17) is 4.74 Å². The quantitative estimate of drug-likeness (QED) is 0.660. The van der Waals surface area contributed by atoms with Gasteiger partial charge in [0.15, 0.2) is 0 Å². The molecule has 0 heterocycles. The predicted octanol–water partition coefficient (Wildman–Crippen LogP) is 2.48. The molecule has 2 nitrogen and oxygen atoms in total. The Labute approximate surface area is 87.4 Å². The largest absolute Gasteiger partial charge is 0.378 e. The second-order valence-electron chi connectivity index (χ2n) is 4.71. The summed E-state index contributed by atoms with van der Waals surface area (Å²) in [6.45, 7) is 2.11. The molecule has 14 heavy (non-hydrogen) atoms. The first kappa shape index (κ1) is 10.4. The molecule has 1 N–H and O–H groups in total. The average Bonchev–Trinajstić information content (AvgIpc) is 2.60. The molecular formula is C12H23NO. The summed E-state index contributed by atoms with van der Waals surface area (Å²) < 4.78 is 5.70. The molecule has 0 aromatic heterocycles. The van der Waals surface area contributed by atoms with E-state index >= 15 is 0 Å². The Morgan fingerprint density at radius 1 is 1.00 bits per heavy atom. The van der Waals surface area contributed by atoms with Crippen molar-refractivity contribution >= 4 is 0 Å². The number of ether oxygens (including phenoxy) is 1. The molecule has 0 spiro atoms. The smallest absolute Gasteiger partial charge is 0.0575 e. The highest BCUT2D eigenvalue weighted by Crippen LogP contribution is 2.21. The van der Waals surface area contributed by atoms with Crippen LogP contribution >= 0.6 is 0 Å². The predicted molar refractivity (Wildman–Crippen MR) is 58.5 cm³/mol. The van der Waals surface area contributed by atoms with Crippen LogP contribution < -0.4 is 5.32 Å². The van der Waals surface area contributed by atoms with Crippen molar-refractivity contribution in [2.75, 3.05) is 13.2 Å². The van der Waals surface area contributed by atoms with Crippen LogP contribution in [0.4, 0.5) is 0 Å². The van der Waals surface area contributed by atoms with Gasteiger partial charge in [0.05, 0.1) is 6.10 Å². The average molecular weight is 197 g/mol. The van der Waals surface area contributed by atoms with Gasteiger partial charge in [0.1, 0.15) is 0 Å². The highest BCUT2D eigenvalue weighted by Gasteiger charge is 2.17. The zero-order valence-corrected chi connectivity index (χ0v) is 9.13. The van der Waals surface area contributed by atoms with Gasteiger partial charge in [0, 0.05) is 12.6 Å². The van der Waals surface area contributed by atoms with E-state index in [0.717, 1.165) is 19.2 Å². The van der Waals surface area contributed by atoms with Gasteiger partial charge in [-0.2, -0.15) is 0 Å². The first-order chi connectivity index (χ1) is 6.95. The molecule has 2 fully saturated rings. The number of rotatable bonds is 6. The minimum absolute atomic E-state index is 0.612. The summed E-state index contributed by atoms with van der Waals surface area (Å²) in [7, 11) is 0. The van der Waals surface area contributed by atoms with Crippen molar-refractivity contribution in [3.8, 4) is 0 Å². The molecule has 2 aliphatic carbocycles. The van der Waals surface area contributed by atoms with Gasteiger partial charge < -0.3 is 10.1 Å². The van der Waals surface area contributed by atoms with Gasteiger partial charge in [0.2, 0.25) is 0 Å². The Morgan fingerprint density at radius 2 is 1.79 bits per heavy atom. The van der Waals surface area contributed by atoms with Crippen LogP contribution in [-0.4, -0.2) is 25.3 Å².